The Labute approximate surface area is 185 Å². The van der Waals surface area contributed by atoms with Crippen LogP contribution in [0.15, 0.2) is 43.0 Å². The van der Waals surface area contributed by atoms with Crippen LogP contribution in [0, 0.1) is 24.5 Å². The zero-order valence-electron chi connectivity index (χ0n) is 18.2. The van der Waals surface area contributed by atoms with Gasteiger partial charge in [-0.3, -0.25) is 9.48 Å². The summed E-state index contributed by atoms with van der Waals surface area (Å²) < 4.78 is 35.9. The van der Waals surface area contributed by atoms with Crippen LogP contribution < -0.4 is 10.1 Å². The van der Waals surface area contributed by atoms with Crippen LogP contribution in [-0.2, 0) is 6.54 Å². The summed E-state index contributed by atoms with van der Waals surface area (Å²) in [5, 5.41) is 16.6. The predicted octanol–water partition coefficient (Wildman–Crippen LogP) is 5.15. The average Bonchev–Trinajstić information content (AvgIpc) is 3.05. The number of benzene rings is 2. The number of carbonyl (C=O) groups is 1. The Hall–Kier alpha value is -3.68. The van der Waals surface area contributed by atoms with E-state index in [0.717, 1.165) is 12.1 Å². The van der Waals surface area contributed by atoms with Gasteiger partial charge in [-0.25, -0.2) is 8.78 Å². The van der Waals surface area contributed by atoms with Crippen molar-refractivity contribution in [1.82, 2.24) is 9.78 Å². The van der Waals surface area contributed by atoms with E-state index in [4.69, 9.17) is 4.74 Å². The molecule has 2 aromatic carbocycles. The van der Waals surface area contributed by atoms with Crippen molar-refractivity contribution in [2.45, 2.75) is 27.3 Å². The van der Waals surface area contributed by atoms with E-state index < -0.39 is 23.1 Å². The van der Waals surface area contributed by atoms with E-state index in [1.807, 2.05) is 13.8 Å². The minimum Gasteiger partial charge on any atom is -0.508 e. The Balaban J connectivity index is 1.81. The summed E-state index contributed by atoms with van der Waals surface area (Å²) in [4.78, 5) is 12.5. The number of rotatable bonds is 8. The first-order chi connectivity index (χ1) is 15.2. The molecule has 0 saturated carbocycles. The maximum absolute atomic E-state index is 14.2. The molecule has 0 atom stereocenters. The van der Waals surface area contributed by atoms with Gasteiger partial charge in [0.15, 0.2) is 5.82 Å². The van der Waals surface area contributed by atoms with E-state index in [9.17, 15) is 18.7 Å². The smallest absolute Gasteiger partial charge is 0.262 e. The van der Waals surface area contributed by atoms with Crippen molar-refractivity contribution in [3.05, 3.63) is 77.0 Å². The topological polar surface area (TPSA) is 76.4 Å². The lowest BCUT2D eigenvalue weighted by molar-refractivity contribution is 0.101. The minimum atomic E-state index is -0.986. The lowest BCUT2D eigenvalue weighted by Gasteiger charge is -2.14. The summed E-state index contributed by atoms with van der Waals surface area (Å²) in [5.74, 6) is -1.75. The molecule has 1 aromatic heterocycles. The summed E-state index contributed by atoms with van der Waals surface area (Å²) in [6, 6.07) is 8.48. The number of aromatic nitrogens is 2. The number of anilines is 1. The molecule has 3 rings (SSSR count). The standard InChI is InChI=1S/C24H25F2N3O3/c1-5-16-9-19(25)23(20(26)10-16)24(31)27-22-8-15(4)29(28-22)12-17-11-18(30)6-7-21(17)32-13-14(2)3/h5-11,14,30H,1,12-13H2,2-4H3,(H,27,28,31). The van der Waals surface area contributed by atoms with Crippen molar-refractivity contribution in [2.24, 2.45) is 5.92 Å². The molecule has 6 nitrogen and oxygen atoms in total. The summed E-state index contributed by atoms with van der Waals surface area (Å²) in [6.45, 7) is 10.1. The average molecular weight is 441 g/mol. The highest BCUT2D eigenvalue weighted by molar-refractivity contribution is 6.04. The van der Waals surface area contributed by atoms with Crippen LogP contribution in [0.1, 0.15) is 41.0 Å². The largest absolute Gasteiger partial charge is 0.508 e. The molecule has 1 amide bonds. The van der Waals surface area contributed by atoms with Crippen LogP contribution in [0.4, 0.5) is 14.6 Å². The zero-order chi connectivity index (χ0) is 23.4. The van der Waals surface area contributed by atoms with Gasteiger partial charge in [-0.2, -0.15) is 5.10 Å². The SMILES string of the molecule is C=Cc1cc(F)c(C(=O)Nc2cc(C)n(Cc3cc(O)ccc3OCC(C)C)n2)c(F)c1. The van der Waals surface area contributed by atoms with Gasteiger partial charge in [0.05, 0.1) is 13.2 Å². The Morgan fingerprint density at radius 1 is 1.25 bits per heavy atom. The first kappa shape index (κ1) is 23.0. The highest BCUT2D eigenvalue weighted by Crippen LogP contribution is 2.26. The van der Waals surface area contributed by atoms with Gasteiger partial charge in [-0.15, -0.1) is 0 Å². The maximum atomic E-state index is 14.2. The molecule has 0 aliphatic heterocycles. The number of phenolic OH excluding ortho intramolecular Hbond substituents is 1. The van der Waals surface area contributed by atoms with Crippen molar-refractivity contribution >= 4 is 17.8 Å². The zero-order valence-corrected chi connectivity index (χ0v) is 18.2. The van der Waals surface area contributed by atoms with Gasteiger partial charge >= 0.3 is 0 Å². The van der Waals surface area contributed by atoms with E-state index >= 15 is 0 Å². The van der Waals surface area contributed by atoms with Crippen LogP contribution in [0.3, 0.4) is 0 Å². The first-order valence-corrected chi connectivity index (χ1v) is 10.1. The lowest BCUT2D eigenvalue weighted by Crippen LogP contribution is -2.17. The van der Waals surface area contributed by atoms with E-state index in [2.05, 4.69) is 17.0 Å². The highest BCUT2D eigenvalue weighted by atomic mass is 19.1. The molecule has 0 bridgehead atoms. The third kappa shape index (κ3) is 5.32. The van der Waals surface area contributed by atoms with Crippen LogP contribution >= 0.6 is 0 Å². The van der Waals surface area contributed by atoms with E-state index in [1.54, 1.807) is 35.9 Å². The number of hydrogen-bond acceptors (Lipinski definition) is 4. The third-order valence-corrected chi connectivity index (χ3v) is 4.69. The van der Waals surface area contributed by atoms with Crippen LogP contribution in [0.25, 0.3) is 6.08 Å². The predicted molar refractivity (Wildman–Crippen MR) is 119 cm³/mol. The maximum Gasteiger partial charge on any atom is 0.262 e. The summed E-state index contributed by atoms with van der Waals surface area (Å²) in [7, 11) is 0. The normalized spacial score (nSPS) is 10.9. The van der Waals surface area contributed by atoms with Gasteiger partial charge in [0.2, 0.25) is 0 Å². The number of nitrogens with zero attached hydrogens (tertiary/aromatic N) is 2. The molecule has 1 heterocycles. The van der Waals surface area contributed by atoms with E-state index in [-0.39, 0.29) is 23.7 Å². The number of aryl methyl sites for hydroxylation is 1. The van der Waals surface area contributed by atoms with Crippen LogP contribution in [0.5, 0.6) is 11.5 Å². The van der Waals surface area contributed by atoms with Crippen molar-refractivity contribution < 1.29 is 23.4 Å². The molecular formula is C24H25F2N3O3. The number of amides is 1. The molecule has 0 aliphatic rings. The van der Waals surface area contributed by atoms with Gasteiger partial charge in [0.1, 0.15) is 28.7 Å². The number of hydrogen-bond donors (Lipinski definition) is 2. The van der Waals surface area contributed by atoms with Gasteiger partial charge in [-0.05, 0) is 48.7 Å². The first-order valence-electron chi connectivity index (χ1n) is 10.1. The van der Waals surface area contributed by atoms with Crippen molar-refractivity contribution in [1.29, 1.82) is 0 Å². The Bertz CT molecular complexity index is 1130. The molecule has 2 N–H and O–H groups in total. The second-order valence-corrected chi connectivity index (χ2v) is 7.84. The summed E-state index contributed by atoms with van der Waals surface area (Å²) in [6.07, 6.45) is 1.29. The molecule has 8 heteroatoms. The van der Waals surface area contributed by atoms with Crippen molar-refractivity contribution in [2.75, 3.05) is 11.9 Å². The molecule has 3 aromatic rings. The molecule has 0 aliphatic carbocycles. The number of phenols is 1. The van der Waals surface area contributed by atoms with Crippen molar-refractivity contribution in [3.63, 3.8) is 0 Å². The lowest BCUT2D eigenvalue weighted by atomic mass is 10.1. The van der Waals surface area contributed by atoms with Gasteiger partial charge < -0.3 is 15.2 Å². The van der Waals surface area contributed by atoms with E-state index in [1.165, 1.54) is 6.08 Å². The number of halogens is 2. The Morgan fingerprint density at radius 2 is 1.94 bits per heavy atom. The molecule has 0 spiro atoms. The number of aromatic hydroxyl groups is 1. The highest BCUT2D eigenvalue weighted by Gasteiger charge is 2.20. The Morgan fingerprint density at radius 3 is 2.56 bits per heavy atom. The van der Waals surface area contributed by atoms with Gasteiger partial charge in [0, 0.05) is 17.3 Å². The monoisotopic (exact) mass is 441 g/mol. The van der Waals surface area contributed by atoms with E-state index in [0.29, 0.717) is 29.5 Å². The summed E-state index contributed by atoms with van der Waals surface area (Å²) >= 11 is 0. The fourth-order valence-electron chi connectivity index (χ4n) is 3.09. The molecule has 32 heavy (non-hydrogen) atoms. The Kier molecular flexibility index (Phi) is 6.92. The summed E-state index contributed by atoms with van der Waals surface area (Å²) in [5.41, 5.74) is 0.937. The third-order valence-electron chi connectivity index (χ3n) is 4.69. The molecule has 0 radical (unpaired) electrons. The molecule has 0 saturated heterocycles. The van der Waals surface area contributed by atoms with Crippen molar-refractivity contribution in [3.8, 4) is 11.5 Å². The molecular weight excluding hydrogens is 416 g/mol. The number of ether oxygens (including phenoxy) is 1. The number of nitrogens with one attached hydrogen (secondary N) is 1. The fourth-order valence-corrected chi connectivity index (χ4v) is 3.09. The second-order valence-electron chi connectivity index (χ2n) is 7.84. The fraction of sp³-hybridized carbons (Fsp3) is 0.250. The van der Waals surface area contributed by atoms with Gasteiger partial charge in [-0.1, -0.05) is 26.5 Å². The molecule has 0 unspecified atom stereocenters. The second kappa shape index (κ2) is 9.64. The van der Waals surface area contributed by atoms with Crippen LogP contribution in [0.2, 0.25) is 0 Å². The molecule has 0 fully saturated rings. The molecule has 168 valence electrons. The van der Waals surface area contributed by atoms with Crippen LogP contribution in [-0.4, -0.2) is 27.4 Å². The number of carbonyl (C=O) groups excluding carboxylic acids is 1. The van der Waals surface area contributed by atoms with Gasteiger partial charge in [0.25, 0.3) is 5.91 Å². The minimum absolute atomic E-state index is 0.0872. The quantitative estimate of drug-likeness (QED) is 0.507.